The van der Waals surface area contributed by atoms with Gasteiger partial charge >= 0.3 is 0 Å². The average Bonchev–Trinajstić information content (AvgIpc) is 3.04. The van der Waals surface area contributed by atoms with Gasteiger partial charge in [-0.1, -0.05) is 54.1 Å². The van der Waals surface area contributed by atoms with Gasteiger partial charge in [0.1, 0.15) is 0 Å². The van der Waals surface area contributed by atoms with E-state index < -0.39 is 10.0 Å². The average molecular weight is 396 g/mol. The Bertz CT molecular complexity index is 1080. The molecule has 4 rings (SSSR count). The molecule has 0 aromatic heterocycles. The predicted molar refractivity (Wildman–Crippen MR) is 112 cm³/mol. The summed E-state index contributed by atoms with van der Waals surface area (Å²) < 4.78 is 28.1. The summed E-state index contributed by atoms with van der Waals surface area (Å²) in [5.41, 5.74) is 4.11. The predicted octanol–water partition coefficient (Wildman–Crippen LogP) is 5.35. The molecule has 0 spiro atoms. The molecule has 3 aromatic carbocycles. The van der Waals surface area contributed by atoms with Crippen LogP contribution in [0.5, 0.6) is 0 Å². The van der Waals surface area contributed by atoms with Crippen molar-refractivity contribution in [3.8, 4) is 0 Å². The monoisotopic (exact) mass is 395 g/mol. The molecule has 1 unspecified atom stereocenters. The molecule has 0 fully saturated rings. The standard InChI is InChI=1S/C22H21NO2S2/c1-16-11-13-18(14-12-16)27(24,25)23-15-22(19-8-4-5-9-20(19)23)26-21-10-6-3-7-17(21)2/h3-14,22H,15H2,1-2H3. The molecule has 0 bridgehead atoms. The molecule has 1 heterocycles. The number of benzene rings is 3. The van der Waals surface area contributed by atoms with Crippen LogP contribution in [0.4, 0.5) is 5.69 Å². The molecular formula is C22H21NO2S2. The number of sulfonamides is 1. The first-order valence-corrected chi connectivity index (χ1v) is 11.2. The highest BCUT2D eigenvalue weighted by Crippen LogP contribution is 2.47. The molecule has 1 aliphatic rings. The maximum absolute atomic E-state index is 13.3. The Morgan fingerprint density at radius 1 is 0.889 bits per heavy atom. The Kier molecular flexibility index (Phi) is 4.74. The molecule has 1 aliphatic heterocycles. The molecule has 3 nitrogen and oxygen atoms in total. The SMILES string of the molecule is Cc1ccc(S(=O)(=O)N2CC(Sc3ccccc3C)c3ccccc32)cc1. The van der Waals surface area contributed by atoms with Crippen LogP contribution in [0, 0.1) is 13.8 Å². The summed E-state index contributed by atoms with van der Waals surface area (Å²) in [5, 5.41) is 0.0718. The molecule has 1 atom stereocenters. The number of fused-ring (bicyclic) bond motifs is 1. The zero-order valence-corrected chi connectivity index (χ0v) is 16.9. The first kappa shape index (κ1) is 18.1. The Hall–Kier alpha value is -2.24. The highest BCUT2D eigenvalue weighted by atomic mass is 32.2. The fourth-order valence-electron chi connectivity index (χ4n) is 3.34. The number of anilines is 1. The first-order valence-electron chi connectivity index (χ1n) is 8.87. The van der Waals surface area contributed by atoms with Crippen molar-refractivity contribution in [3.63, 3.8) is 0 Å². The van der Waals surface area contributed by atoms with Crippen LogP contribution in [0.3, 0.4) is 0 Å². The van der Waals surface area contributed by atoms with Crippen molar-refractivity contribution in [3.05, 3.63) is 89.5 Å². The van der Waals surface area contributed by atoms with Gasteiger partial charge in [0, 0.05) is 4.90 Å². The second-order valence-electron chi connectivity index (χ2n) is 6.78. The zero-order chi connectivity index (χ0) is 19.0. The topological polar surface area (TPSA) is 37.4 Å². The van der Waals surface area contributed by atoms with Crippen molar-refractivity contribution < 1.29 is 8.42 Å². The van der Waals surface area contributed by atoms with Crippen LogP contribution in [0.1, 0.15) is 21.9 Å². The molecule has 0 saturated carbocycles. The van der Waals surface area contributed by atoms with E-state index in [1.165, 1.54) is 10.5 Å². The summed E-state index contributed by atoms with van der Waals surface area (Å²) in [4.78, 5) is 1.52. The minimum absolute atomic E-state index is 0.0718. The molecule has 5 heteroatoms. The Labute approximate surface area is 165 Å². The number of hydrogen-bond donors (Lipinski definition) is 0. The molecule has 0 radical (unpaired) electrons. The fraction of sp³-hybridized carbons (Fsp3) is 0.182. The lowest BCUT2D eigenvalue weighted by Gasteiger charge is -2.20. The molecule has 0 aliphatic carbocycles. The van der Waals surface area contributed by atoms with Crippen LogP contribution in [-0.2, 0) is 10.0 Å². The minimum Gasteiger partial charge on any atom is -0.265 e. The summed E-state index contributed by atoms with van der Waals surface area (Å²) in [7, 11) is -3.58. The van der Waals surface area contributed by atoms with Gasteiger partial charge in [-0.15, -0.1) is 11.8 Å². The minimum atomic E-state index is -3.58. The lowest BCUT2D eigenvalue weighted by atomic mass is 10.2. The maximum atomic E-state index is 13.3. The Morgan fingerprint density at radius 3 is 2.30 bits per heavy atom. The van der Waals surface area contributed by atoms with Crippen molar-refractivity contribution in [1.82, 2.24) is 0 Å². The van der Waals surface area contributed by atoms with Crippen molar-refractivity contribution in [2.45, 2.75) is 28.9 Å². The van der Waals surface area contributed by atoms with Crippen molar-refractivity contribution in [2.75, 3.05) is 10.8 Å². The third kappa shape index (κ3) is 3.37. The number of rotatable bonds is 4. The Balaban J connectivity index is 1.72. The van der Waals surface area contributed by atoms with Gasteiger partial charge in [-0.3, -0.25) is 4.31 Å². The summed E-state index contributed by atoms with van der Waals surface area (Å²) in [5.74, 6) is 0. The number of para-hydroxylation sites is 1. The van der Waals surface area contributed by atoms with Gasteiger partial charge in [0.2, 0.25) is 0 Å². The van der Waals surface area contributed by atoms with Gasteiger partial charge in [-0.25, -0.2) is 8.42 Å². The maximum Gasteiger partial charge on any atom is 0.264 e. The van der Waals surface area contributed by atoms with Crippen molar-refractivity contribution in [2.24, 2.45) is 0 Å². The van der Waals surface area contributed by atoms with E-state index in [0.29, 0.717) is 11.4 Å². The fourth-order valence-corrected chi connectivity index (χ4v) is 6.21. The highest BCUT2D eigenvalue weighted by Gasteiger charge is 2.36. The van der Waals surface area contributed by atoms with Gasteiger partial charge < -0.3 is 0 Å². The summed E-state index contributed by atoms with van der Waals surface area (Å²) in [6, 6.07) is 23.1. The summed E-state index contributed by atoms with van der Waals surface area (Å²) in [6.07, 6.45) is 0. The molecule has 27 heavy (non-hydrogen) atoms. The van der Waals surface area contributed by atoms with Crippen LogP contribution in [-0.4, -0.2) is 15.0 Å². The van der Waals surface area contributed by atoms with Crippen LogP contribution in [0.25, 0.3) is 0 Å². The quantitative estimate of drug-likeness (QED) is 0.598. The molecule has 0 saturated heterocycles. The molecule has 138 valence electrons. The second-order valence-corrected chi connectivity index (χ2v) is 9.89. The van der Waals surface area contributed by atoms with E-state index in [0.717, 1.165) is 16.8 Å². The molecule has 0 amide bonds. The normalized spacial score (nSPS) is 16.4. The van der Waals surface area contributed by atoms with E-state index in [1.54, 1.807) is 28.2 Å². The van der Waals surface area contributed by atoms with E-state index in [4.69, 9.17) is 0 Å². The van der Waals surface area contributed by atoms with Crippen LogP contribution in [0.15, 0.2) is 82.6 Å². The lowest BCUT2D eigenvalue weighted by molar-refractivity contribution is 0.592. The summed E-state index contributed by atoms with van der Waals surface area (Å²) in [6.45, 7) is 4.48. The van der Waals surface area contributed by atoms with Crippen LogP contribution >= 0.6 is 11.8 Å². The smallest absolute Gasteiger partial charge is 0.264 e. The van der Waals surface area contributed by atoms with E-state index >= 15 is 0 Å². The summed E-state index contributed by atoms with van der Waals surface area (Å²) >= 11 is 1.73. The van der Waals surface area contributed by atoms with E-state index in [2.05, 4.69) is 19.1 Å². The van der Waals surface area contributed by atoms with Gasteiger partial charge in [-0.2, -0.15) is 0 Å². The number of hydrogen-bond acceptors (Lipinski definition) is 3. The molecule has 3 aromatic rings. The second kappa shape index (κ2) is 7.06. The van der Waals surface area contributed by atoms with E-state index in [1.807, 2.05) is 55.5 Å². The third-order valence-electron chi connectivity index (χ3n) is 4.86. The van der Waals surface area contributed by atoms with Crippen molar-refractivity contribution in [1.29, 1.82) is 0 Å². The van der Waals surface area contributed by atoms with Gasteiger partial charge in [0.05, 0.1) is 22.4 Å². The molecular weight excluding hydrogens is 374 g/mol. The van der Waals surface area contributed by atoms with Crippen molar-refractivity contribution >= 4 is 27.5 Å². The van der Waals surface area contributed by atoms with Gasteiger partial charge in [-0.05, 0) is 49.2 Å². The van der Waals surface area contributed by atoms with Crippen LogP contribution in [0.2, 0.25) is 0 Å². The van der Waals surface area contributed by atoms with Gasteiger partial charge in [0.25, 0.3) is 10.0 Å². The first-order chi connectivity index (χ1) is 13.0. The number of thioether (sulfide) groups is 1. The largest absolute Gasteiger partial charge is 0.265 e. The van der Waals surface area contributed by atoms with E-state index in [-0.39, 0.29) is 5.25 Å². The molecule has 0 N–H and O–H groups in total. The van der Waals surface area contributed by atoms with E-state index in [9.17, 15) is 8.42 Å². The highest BCUT2D eigenvalue weighted by molar-refractivity contribution is 7.99. The number of nitrogens with zero attached hydrogens (tertiary/aromatic N) is 1. The van der Waals surface area contributed by atoms with Gasteiger partial charge in [0.15, 0.2) is 0 Å². The zero-order valence-electron chi connectivity index (χ0n) is 15.3. The number of aryl methyl sites for hydroxylation is 2. The van der Waals surface area contributed by atoms with Crippen LogP contribution < -0.4 is 4.31 Å². The third-order valence-corrected chi connectivity index (χ3v) is 8.05. The Morgan fingerprint density at radius 2 is 1.56 bits per heavy atom. The lowest BCUT2D eigenvalue weighted by Crippen LogP contribution is -2.29.